The lowest BCUT2D eigenvalue weighted by molar-refractivity contribution is 0.423. The molecule has 0 saturated carbocycles. The predicted octanol–water partition coefficient (Wildman–Crippen LogP) is 13.3. The first kappa shape index (κ1) is 28.6. The summed E-state index contributed by atoms with van der Waals surface area (Å²) < 4.78 is 9.40. The van der Waals surface area contributed by atoms with E-state index in [0.717, 1.165) is 28.6 Å². The molecule has 9 rings (SSSR count). The van der Waals surface area contributed by atoms with Gasteiger partial charge >= 0.3 is 0 Å². The van der Waals surface area contributed by atoms with Crippen LogP contribution in [0.15, 0.2) is 164 Å². The zero-order valence-corrected chi connectivity index (χ0v) is 27.7. The van der Waals surface area contributed by atoms with E-state index in [-0.39, 0.29) is 5.41 Å². The van der Waals surface area contributed by atoms with Gasteiger partial charge in [0.05, 0.1) is 0 Å². The lowest BCUT2D eigenvalue weighted by Gasteiger charge is -2.36. The highest BCUT2D eigenvalue weighted by Gasteiger charge is 2.36. The predicted molar refractivity (Wildman–Crippen MR) is 204 cm³/mol. The molecule has 0 atom stereocenters. The Morgan fingerprint density at radius 1 is 0.479 bits per heavy atom. The molecule has 2 nitrogen and oxygen atoms in total. The zero-order valence-electron chi connectivity index (χ0n) is 26.9. The molecule has 0 aliphatic carbocycles. The number of anilines is 3. The van der Waals surface area contributed by atoms with E-state index >= 15 is 0 Å². The van der Waals surface area contributed by atoms with Crippen molar-refractivity contribution in [1.82, 2.24) is 0 Å². The van der Waals surface area contributed by atoms with Crippen molar-refractivity contribution in [2.75, 3.05) is 4.90 Å². The fourth-order valence-corrected chi connectivity index (χ4v) is 8.29. The fraction of sp³-hybridized carbons (Fsp3) is 0.0667. The van der Waals surface area contributed by atoms with Gasteiger partial charge in [0.15, 0.2) is 0 Å². The number of hydrogen-bond acceptors (Lipinski definition) is 3. The summed E-state index contributed by atoms with van der Waals surface area (Å²) in [6, 6.07) is 58.7. The molecular weight excluding hydrogens is 603 g/mol. The van der Waals surface area contributed by atoms with Crippen molar-refractivity contribution in [3.8, 4) is 33.8 Å². The van der Waals surface area contributed by atoms with Crippen molar-refractivity contribution in [1.29, 1.82) is 0 Å². The van der Waals surface area contributed by atoms with Crippen LogP contribution >= 0.6 is 11.3 Å². The molecule has 0 unspecified atom stereocenters. The highest BCUT2D eigenvalue weighted by molar-refractivity contribution is 7.25. The van der Waals surface area contributed by atoms with E-state index in [4.69, 9.17) is 4.74 Å². The maximum Gasteiger partial charge on any atom is 0.140 e. The summed E-state index contributed by atoms with van der Waals surface area (Å²) >= 11 is 1.83. The summed E-state index contributed by atoms with van der Waals surface area (Å²) in [5, 5.41) is 2.48. The third kappa shape index (κ3) is 4.70. The van der Waals surface area contributed by atoms with Crippen LogP contribution in [0.1, 0.15) is 25.0 Å². The fourth-order valence-electron chi connectivity index (χ4n) is 7.19. The van der Waals surface area contributed by atoms with E-state index in [1.54, 1.807) is 0 Å². The molecule has 0 amide bonds. The molecule has 1 aliphatic heterocycles. The highest BCUT2D eigenvalue weighted by atomic mass is 32.1. The molecule has 0 saturated heterocycles. The Kier molecular flexibility index (Phi) is 6.70. The number of rotatable bonds is 5. The first-order chi connectivity index (χ1) is 23.5. The molecule has 1 aliphatic rings. The van der Waals surface area contributed by atoms with Crippen molar-refractivity contribution < 1.29 is 4.74 Å². The van der Waals surface area contributed by atoms with E-state index in [9.17, 15) is 0 Å². The van der Waals surface area contributed by atoms with Gasteiger partial charge in [-0.1, -0.05) is 123 Å². The average molecular weight is 636 g/mol. The second-order valence-electron chi connectivity index (χ2n) is 13.0. The molecule has 0 spiro atoms. The topological polar surface area (TPSA) is 12.5 Å². The number of thiophene rings is 1. The van der Waals surface area contributed by atoms with Crippen molar-refractivity contribution in [3.05, 3.63) is 175 Å². The molecule has 2 heterocycles. The van der Waals surface area contributed by atoms with Crippen LogP contribution in [-0.4, -0.2) is 0 Å². The van der Waals surface area contributed by atoms with E-state index in [1.807, 2.05) is 11.3 Å². The van der Waals surface area contributed by atoms with Crippen molar-refractivity contribution >= 4 is 48.6 Å². The van der Waals surface area contributed by atoms with Gasteiger partial charge in [-0.3, -0.25) is 0 Å². The summed E-state index contributed by atoms with van der Waals surface area (Å²) in [6.45, 7) is 4.65. The number of ether oxygens (including phenoxy) is 1. The van der Waals surface area contributed by atoms with E-state index in [2.05, 4.69) is 183 Å². The van der Waals surface area contributed by atoms with E-state index in [1.165, 1.54) is 53.6 Å². The molecule has 7 aromatic carbocycles. The zero-order chi connectivity index (χ0) is 32.2. The Bertz CT molecular complexity index is 2340. The second-order valence-corrected chi connectivity index (χ2v) is 14.1. The van der Waals surface area contributed by atoms with Crippen LogP contribution in [0.4, 0.5) is 17.1 Å². The van der Waals surface area contributed by atoms with Crippen molar-refractivity contribution in [3.63, 3.8) is 0 Å². The number of nitrogens with zero attached hydrogens (tertiary/aromatic N) is 1. The minimum Gasteiger partial charge on any atom is -0.456 e. The van der Waals surface area contributed by atoms with Crippen LogP contribution in [-0.2, 0) is 5.41 Å². The first-order valence-electron chi connectivity index (χ1n) is 16.4. The first-order valence-corrected chi connectivity index (χ1v) is 17.2. The van der Waals surface area contributed by atoms with Gasteiger partial charge in [0, 0.05) is 53.8 Å². The molecule has 48 heavy (non-hydrogen) atoms. The third-order valence-electron chi connectivity index (χ3n) is 9.74. The van der Waals surface area contributed by atoms with Crippen LogP contribution < -0.4 is 9.64 Å². The molecule has 3 heteroatoms. The lowest BCUT2D eigenvalue weighted by atomic mass is 9.75. The van der Waals surface area contributed by atoms with Crippen LogP contribution in [0.2, 0.25) is 0 Å². The van der Waals surface area contributed by atoms with Gasteiger partial charge in [-0.15, -0.1) is 11.3 Å². The quantitative estimate of drug-likeness (QED) is 0.187. The standard InChI is InChI=1S/C45H33NOS/c1-45(2)38-26-28-42-43(37-15-9-10-16-41(37)48-42)44(38)47-40-27-25-36(29-39(40)45)46(34-21-17-32(18-22-34)30-11-5-3-6-12-30)35-23-19-33(20-24-35)31-13-7-4-8-14-31/h3-29H,1-2H3. The van der Waals surface area contributed by atoms with Crippen molar-refractivity contribution in [2.45, 2.75) is 19.3 Å². The smallest absolute Gasteiger partial charge is 0.140 e. The summed E-state index contributed by atoms with van der Waals surface area (Å²) in [5.41, 5.74) is 10.2. The van der Waals surface area contributed by atoms with Crippen LogP contribution in [0, 0.1) is 0 Å². The molecule has 230 valence electrons. The maximum atomic E-state index is 6.86. The Hall–Kier alpha value is -5.64. The molecule has 0 N–H and O–H groups in total. The van der Waals surface area contributed by atoms with Gasteiger partial charge < -0.3 is 9.64 Å². The summed E-state index contributed by atoms with van der Waals surface area (Å²) in [6.07, 6.45) is 0. The van der Waals surface area contributed by atoms with E-state index in [0.29, 0.717) is 0 Å². The number of benzene rings is 7. The Morgan fingerprint density at radius 2 is 1.02 bits per heavy atom. The van der Waals surface area contributed by atoms with Gasteiger partial charge in [0.25, 0.3) is 0 Å². The minimum absolute atomic E-state index is 0.268. The molecule has 0 radical (unpaired) electrons. The van der Waals surface area contributed by atoms with Crippen molar-refractivity contribution in [2.24, 2.45) is 0 Å². The SMILES string of the molecule is CC1(C)c2cc(N(c3ccc(-c4ccccc4)cc3)c3ccc(-c4ccccc4)cc3)ccc2Oc2c1ccc1sc3ccccc3c21. The average Bonchev–Trinajstić information content (AvgIpc) is 3.53. The normalized spacial score (nSPS) is 13.1. The van der Waals surface area contributed by atoms with Gasteiger partial charge in [-0.2, -0.15) is 0 Å². The van der Waals surface area contributed by atoms with E-state index < -0.39 is 0 Å². The second kappa shape index (κ2) is 11.3. The largest absolute Gasteiger partial charge is 0.456 e. The highest BCUT2D eigenvalue weighted by Crippen LogP contribution is 2.54. The Labute approximate surface area is 285 Å². The third-order valence-corrected chi connectivity index (χ3v) is 10.9. The van der Waals surface area contributed by atoms with Crippen LogP contribution in [0.5, 0.6) is 11.5 Å². The minimum atomic E-state index is -0.268. The summed E-state index contributed by atoms with van der Waals surface area (Å²) in [5.74, 6) is 1.90. The monoisotopic (exact) mass is 635 g/mol. The molecular formula is C45H33NOS. The van der Waals surface area contributed by atoms with Crippen LogP contribution in [0.25, 0.3) is 42.4 Å². The summed E-state index contributed by atoms with van der Waals surface area (Å²) in [4.78, 5) is 2.35. The summed E-state index contributed by atoms with van der Waals surface area (Å²) in [7, 11) is 0. The molecule has 1 aromatic heterocycles. The van der Waals surface area contributed by atoms with Gasteiger partial charge in [0.2, 0.25) is 0 Å². The van der Waals surface area contributed by atoms with Gasteiger partial charge in [0.1, 0.15) is 11.5 Å². The number of fused-ring (bicyclic) bond motifs is 6. The van der Waals surface area contributed by atoms with Crippen LogP contribution in [0.3, 0.4) is 0 Å². The number of hydrogen-bond donors (Lipinski definition) is 0. The van der Waals surface area contributed by atoms with Gasteiger partial charge in [-0.25, -0.2) is 0 Å². The molecule has 0 bridgehead atoms. The van der Waals surface area contributed by atoms with Gasteiger partial charge in [-0.05, 0) is 76.9 Å². The Balaban J connectivity index is 1.16. The Morgan fingerprint density at radius 3 is 1.65 bits per heavy atom. The molecule has 8 aromatic rings. The molecule has 0 fully saturated rings. The maximum absolute atomic E-state index is 6.86. The lowest BCUT2D eigenvalue weighted by Crippen LogP contribution is -2.25.